The molecule has 1 saturated carbocycles. The molecule has 0 spiro atoms. The summed E-state index contributed by atoms with van der Waals surface area (Å²) >= 11 is 1.67. The third kappa shape index (κ3) is 58.7. The first-order valence-corrected chi connectivity index (χ1v) is 42.6. The van der Waals surface area contributed by atoms with Gasteiger partial charge in [0.05, 0.1) is 0 Å². The Balaban J connectivity index is -0.000000528. The summed E-state index contributed by atoms with van der Waals surface area (Å²) in [6, 6.07) is 12.5. The van der Waals surface area contributed by atoms with Gasteiger partial charge in [-0.15, -0.1) is 21.5 Å². The number of carbonyl (C=O) groups is 2. The molecular weight excluding hydrogens is 1300 g/mol. The lowest BCUT2D eigenvalue weighted by atomic mass is 9.69. The van der Waals surface area contributed by atoms with Gasteiger partial charge in [-0.05, 0) is 185 Å². The summed E-state index contributed by atoms with van der Waals surface area (Å²) in [7, 11) is 2.42. The van der Waals surface area contributed by atoms with Crippen molar-refractivity contribution in [1.29, 1.82) is 0 Å². The van der Waals surface area contributed by atoms with E-state index in [0.29, 0.717) is 56.2 Å². The average Bonchev–Trinajstić information content (AvgIpc) is 1.75. The Kier molecular flexibility index (Phi) is 51.7. The van der Waals surface area contributed by atoms with E-state index in [4.69, 9.17) is 0 Å². The second-order valence-corrected chi connectivity index (χ2v) is 42.8. The van der Waals surface area contributed by atoms with Crippen LogP contribution in [0.3, 0.4) is 0 Å². The normalized spacial score (nSPS) is 18.8. The van der Waals surface area contributed by atoms with Crippen LogP contribution in [0, 0.1) is 68.0 Å². The minimum Gasteiger partial charge on any atom is -0.343 e. The summed E-state index contributed by atoms with van der Waals surface area (Å²) in [6.45, 7) is 77.4. The Hall–Kier alpha value is -4.00. The predicted octanol–water partition coefficient (Wildman–Crippen LogP) is 26.0. The van der Waals surface area contributed by atoms with E-state index in [1.165, 1.54) is 69.3 Å². The summed E-state index contributed by atoms with van der Waals surface area (Å²) in [5.41, 5.74) is 7.28. The number of aliphatic imine (C=N–C) groups is 1. The van der Waals surface area contributed by atoms with E-state index in [2.05, 4.69) is 268 Å². The van der Waals surface area contributed by atoms with Gasteiger partial charge < -0.3 is 9.80 Å². The summed E-state index contributed by atoms with van der Waals surface area (Å²) in [4.78, 5) is 31.3. The molecule has 1 amide bonds. The van der Waals surface area contributed by atoms with Crippen molar-refractivity contribution in [3.05, 3.63) is 99.9 Å². The van der Waals surface area contributed by atoms with E-state index in [-0.39, 0.29) is 24.0 Å². The average molecular weight is 1480 g/mol. The van der Waals surface area contributed by atoms with E-state index < -0.39 is 9.52 Å². The van der Waals surface area contributed by atoms with Gasteiger partial charge >= 0.3 is 0 Å². The zero-order chi connectivity index (χ0) is 79.8. The summed E-state index contributed by atoms with van der Waals surface area (Å²) in [6.07, 6.45) is 32.1. The smallest absolute Gasteiger partial charge is 0.222 e. The highest BCUT2D eigenvalue weighted by molar-refractivity contribution is 8.00. The number of ketones is 1. The molecule has 3 aromatic rings. The molecular formula is C91H171N7O3S2. The van der Waals surface area contributed by atoms with Crippen LogP contribution in [0.5, 0.6) is 0 Å². The number of allylic oxidation sites excluding steroid dienone is 6. The Bertz CT molecular complexity index is 2880. The molecule has 2 aliphatic carbocycles. The minimum atomic E-state index is -1.68. The molecule has 6 aliphatic rings. The van der Waals surface area contributed by atoms with Gasteiger partial charge in [0, 0.05) is 87.2 Å². The Morgan fingerprint density at radius 1 is 0.631 bits per heavy atom. The van der Waals surface area contributed by atoms with Gasteiger partial charge in [-0.3, -0.25) is 23.5 Å². The molecule has 3 unspecified atom stereocenters. The van der Waals surface area contributed by atoms with Gasteiger partial charge in [0.15, 0.2) is 5.78 Å². The molecule has 6 heterocycles. The number of hydrogen-bond donors (Lipinski definition) is 0. The standard InChI is InChI=1S/C11H21NO.C11H16O.C11H16.C10H17N.C9H19N.C9H18OS.C8H16.C7H12N2S.C6H14.C4H6N2.2C2H6.CH4/c1-11(2,3)7-5-9-12-8-4-6-10(12)13;1-11(2,3)8-9-6-4-5-7-10(9)12;1-11(2,3)9-10-7-5-4-6-8-10;1-10(2,3)7-6-9-5-4-8-11-9;1-9(2,3)8-5-6-10(4)7-8;1-9(2,3)8-5-6-11(4,10)7-8;1-8(2,3)7-5-4-6-7;1-5-8-9-6(10-5)7(2,3)4;1-5-6(2,3)4;1-6-4-2-3-5-6;2*1-2;/h4-9H2,1-3H3;4-6H,7-8H2,1-3H3;4-8H,9H2,1-3H3;5,8H,4,6-7H2,1-3H3;8H,5-7H2,1-4H3;8H,4-7H2,1-3H3;7H,4-6H2,1-3H3;1-4H3;5H2,1-4H3;2-4H,1H3;2*1-2H3;1H4. The molecule has 600 valence electrons. The molecule has 0 radical (unpaired) electrons. The van der Waals surface area contributed by atoms with E-state index in [9.17, 15) is 13.8 Å². The van der Waals surface area contributed by atoms with Crippen LogP contribution in [-0.2, 0) is 38.0 Å². The largest absolute Gasteiger partial charge is 0.343 e. The van der Waals surface area contributed by atoms with Crippen molar-refractivity contribution in [2.45, 2.75) is 344 Å². The SMILES string of the molecule is C.C=S1(=O)CCC(C(C)(C)C)C1.CC.CC.CC(C)(C)C1CCC1.CC(C)(C)CC1=CC=CCC1=O.CC(C)(C)CCC1=CCC=N1.CC(C)(C)CCCN1CCCC1=O.CC(C)(C)Cc1ccccc1.CCC(C)(C)C.CN1CCC(C(C)(C)C)C1.Cc1nnc(C(C)(C)C)s1.Cn1cccn1. The molecule has 12 heteroatoms. The number of aryl methyl sites for hydroxylation is 2. The number of benzene rings is 1. The third-order valence-corrected chi connectivity index (χ3v) is 21.4. The first-order chi connectivity index (χ1) is 46.5. The maximum Gasteiger partial charge on any atom is 0.222 e. The lowest BCUT2D eigenvalue weighted by Crippen LogP contribution is -2.26. The van der Waals surface area contributed by atoms with Crippen LogP contribution in [0.2, 0.25) is 0 Å². The van der Waals surface area contributed by atoms with Crippen molar-refractivity contribution in [3.8, 4) is 0 Å². The third-order valence-electron chi connectivity index (χ3n) is 18.1. The fraction of sp³-hybridized carbons (Fsp3) is 0.769. The number of amides is 1. The van der Waals surface area contributed by atoms with Crippen molar-refractivity contribution < 1.29 is 13.8 Å². The highest BCUT2D eigenvalue weighted by atomic mass is 32.2. The number of likely N-dealkylation sites (tertiary alicyclic amines) is 2. The number of hydrogen-bond acceptors (Lipinski definition) is 9. The Labute approximate surface area is 646 Å². The molecule has 2 aromatic heterocycles. The van der Waals surface area contributed by atoms with E-state index in [0.717, 1.165) is 103 Å². The first kappa shape index (κ1) is 105. The maximum absolute atomic E-state index is 11.5. The molecule has 10 nitrogen and oxygen atoms in total. The molecule has 4 fully saturated rings. The predicted molar refractivity (Wildman–Crippen MR) is 465 cm³/mol. The van der Waals surface area contributed by atoms with Gasteiger partial charge in [-0.1, -0.05) is 296 Å². The second kappa shape index (κ2) is 50.6. The second-order valence-electron chi connectivity index (χ2n) is 38.9. The van der Waals surface area contributed by atoms with Crippen LogP contribution >= 0.6 is 11.3 Å². The van der Waals surface area contributed by atoms with Crippen molar-refractivity contribution in [3.63, 3.8) is 0 Å². The molecule has 103 heavy (non-hydrogen) atoms. The van der Waals surface area contributed by atoms with Crippen LogP contribution in [0.25, 0.3) is 0 Å². The van der Waals surface area contributed by atoms with Crippen LogP contribution < -0.4 is 0 Å². The van der Waals surface area contributed by atoms with E-state index in [1.807, 2.05) is 83.3 Å². The van der Waals surface area contributed by atoms with Gasteiger partial charge in [0.2, 0.25) is 5.91 Å². The van der Waals surface area contributed by atoms with Crippen molar-refractivity contribution in [2.75, 3.05) is 44.7 Å². The van der Waals surface area contributed by atoms with Crippen LogP contribution in [0.4, 0.5) is 0 Å². The first-order valence-electron chi connectivity index (χ1n) is 39.7. The summed E-state index contributed by atoms with van der Waals surface area (Å²) in [5, 5.41) is 14.0. The number of carbonyl (C=O) groups excluding carboxylic acids is 2. The van der Waals surface area contributed by atoms with Crippen LogP contribution in [0.15, 0.2) is 89.4 Å². The van der Waals surface area contributed by atoms with Crippen molar-refractivity contribution in [2.24, 2.45) is 73.1 Å². The molecule has 0 N–H and O–H groups in total. The number of nitrogens with zero attached hydrogens (tertiary/aromatic N) is 7. The van der Waals surface area contributed by atoms with Gasteiger partial charge in [0.1, 0.15) is 10.0 Å². The monoisotopic (exact) mass is 1470 g/mol. The van der Waals surface area contributed by atoms with Crippen molar-refractivity contribution in [1.82, 2.24) is 29.8 Å². The molecule has 4 aliphatic heterocycles. The quantitative estimate of drug-likeness (QED) is 0.217. The zero-order valence-corrected chi connectivity index (χ0v) is 75.3. The van der Waals surface area contributed by atoms with Gasteiger partial charge in [-0.2, -0.15) is 5.10 Å². The molecule has 0 bridgehead atoms. The molecule has 3 atom stereocenters. The highest BCUT2D eigenvalue weighted by Crippen LogP contribution is 2.41. The van der Waals surface area contributed by atoms with Crippen LogP contribution in [-0.4, -0.2) is 102 Å². The molecule has 3 saturated heterocycles. The van der Waals surface area contributed by atoms with E-state index in [1.54, 1.807) is 22.2 Å². The molecule has 9 rings (SSSR count). The summed E-state index contributed by atoms with van der Waals surface area (Å²) in [5.74, 6) is 8.65. The Morgan fingerprint density at radius 3 is 1.45 bits per heavy atom. The Morgan fingerprint density at radius 2 is 1.17 bits per heavy atom. The van der Waals surface area contributed by atoms with Gasteiger partial charge in [-0.25, -0.2) is 0 Å². The zero-order valence-electron chi connectivity index (χ0n) is 73.7. The summed E-state index contributed by atoms with van der Waals surface area (Å²) < 4.78 is 13.3. The highest BCUT2D eigenvalue weighted by Gasteiger charge is 2.33. The van der Waals surface area contributed by atoms with Gasteiger partial charge in [0.25, 0.3) is 0 Å². The lowest BCUT2D eigenvalue weighted by Gasteiger charge is -2.37. The van der Waals surface area contributed by atoms with Crippen LogP contribution in [0.1, 0.15) is 341 Å². The van der Waals surface area contributed by atoms with E-state index >= 15 is 0 Å². The number of Topliss-reactive ketones (excluding diaryl/α,β-unsaturated/α-hetero) is 1. The number of rotatable bonds is 7. The maximum atomic E-state index is 11.5. The minimum absolute atomic E-state index is 0. The fourth-order valence-electron chi connectivity index (χ4n) is 10.8. The van der Waals surface area contributed by atoms with Crippen molar-refractivity contribution >= 4 is 44.6 Å². The number of aromatic nitrogens is 4. The fourth-order valence-corrected chi connectivity index (χ4v) is 13.8. The lowest BCUT2D eigenvalue weighted by molar-refractivity contribution is -0.127. The molecule has 1 aromatic carbocycles. The topological polar surface area (TPSA) is 114 Å².